The number of hydrogen-bond acceptors (Lipinski definition) is 10. The molecule has 12 nitrogen and oxygen atoms in total. The maximum atomic E-state index is 14.2. The highest BCUT2D eigenvalue weighted by molar-refractivity contribution is 7.88. The summed E-state index contributed by atoms with van der Waals surface area (Å²) in [7, 11) is -1.86. The monoisotopic (exact) mass is 616 g/mol. The van der Waals surface area contributed by atoms with Crippen LogP contribution in [0.1, 0.15) is 36.1 Å². The summed E-state index contributed by atoms with van der Waals surface area (Å²) >= 11 is 1.26. The van der Waals surface area contributed by atoms with Crippen molar-refractivity contribution >= 4 is 31.6 Å². The first kappa shape index (κ1) is 28.8. The third-order valence-corrected chi connectivity index (χ3v) is 10.4. The summed E-state index contributed by atoms with van der Waals surface area (Å²) in [5.74, 6) is 0.975. The first-order valence-electron chi connectivity index (χ1n) is 13.7. The number of aryl methyl sites for hydroxylation is 1. The molecule has 4 aromatic rings. The van der Waals surface area contributed by atoms with Gasteiger partial charge in [0.1, 0.15) is 22.9 Å². The smallest absolute Gasteiger partial charge is 0.332 e. The Bertz CT molecular complexity index is 1810. The highest BCUT2D eigenvalue weighted by Crippen LogP contribution is 2.38. The van der Waals surface area contributed by atoms with Gasteiger partial charge in [-0.05, 0) is 31.4 Å². The summed E-state index contributed by atoms with van der Waals surface area (Å²) in [6.07, 6.45) is 4.85. The summed E-state index contributed by atoms with van der Waals surface area (Å²) in [5.41, 5.74) is 0.428. The van der Waals surface area contributed by atoms with Crippen molar-refractivity contribution in [2.45, 2.75) is 44.6 Å². The molecule has 0 bridgehead atoms. The standard InChI is InChI=1S/C28H32N4O8S2/c1-17-23-26(33)32(18-14-30(15-18)42(3,35)36)28(34)31(27(23)41-24(17)25-29-10-13-39-25)16-22(40-19-8-11-38-12-9-19)20-6-4-5-7-21(20)37-2/h4-7,10,13,18-19,22H,8-9,11-12,14-16H2,1-3H3. The van der Waals surface area contributed by atoms with Crippen LogP contribution in [0, 0.1) is 6.92 Å². The van der Waals surface area contributed by atoms with Crippen molar-refractivity contribution in [3.8, 4) is 16.5 Å². The van der Waals surface area contributed by atoms with Gasteiger partial charge in [0.15, 0.2) is 0 Å². The molecule has 2 aliphatic rings. The Hall–Kier alpha value is -3.30. The summed E-state index contributed by atoms with van der Waals surface area (Å²) in [6, 6.07) is 6.92. The van der Waals surface area contributed by atoms with Gasteiger partial charge in [0, 0.05) is 31.9 Å². The van der Waals surface area contributed by atoms with Crippen LogP contribution in [0.4, 0.5) is 0 Å². The Morgan fingerprint density at radius 3 is 2.57 bits per heavy atom. The highest BCUT2D eigenvalue weighted by atomic mass is 32.2. The van der Waals surface area contributed by atoms with Gasteiger partial charge >= 0.3 is 5.69 Å². The van der Waals surface area contributed by atoms with Crippen LogP contribution >= 0.6 is 11.3 Å². The zero-order chi connectivity index (χ0) is 29.6. The molecule has 14 heteroatoms. The highest BCUT2D eigenvalue weighted by Gasteiger charge is 2.38. The van der Waals surface area contributed by atoms with E-state index in [0.29, 0.717) is 58.4 Å². The Morgan fingerprint density at radius 2 is 1.90 bits per heavy atom. The lowest BCUT2D eigenvalue weighted by molar-refractivity contribution is -0.0753. The molecule has 0 saturated carbocycles. The molecule has 0 radical (unpaired) electrons. The number of benzene rings is 1. The Balaban J connectivity index is 1.52. The normalized spacial score (nSPS) is 17.9. The van der Waals surface area contributed by atoms with E-state index in [1.54, 1.807) is 18.6 Å². The first-order valence-corrected chi connectivity index (χ1v) is 16.3. The predicted molar refractivity (Wildman–Crippen MR) is 157 cm³/mol. The van der Waals surface area contributed by atoms with Crippen molar-refractivity contribution in [3.05, 3.63) is 68.7 Å². The van der Waals surface area contributed by atoms with E-state index in [9.17, 15) is 18.0 Å². The lowest BCUT2D eigenvalue weighted by atomic mass is 10.1. The van der Waals surface area contributed by atoms with Crippen molar-refractivity contribution in [1.29, 1.82) is 0 Å². The zero-order valence-electron chi connectivity index (χ0n) is 23.5. The summed E-state index contributed by atoms with van der Waals surface area (Å²) in [5, 5.41) is 0.371. The van der Waals surface area contributed by atoms with Gasteiger partial charge in [-0.15, -0.1) is 11.3 Å². The number of ether oxygens (including phenoxy) is 3. The second-order valence-electron chi connectivity index (χ2n) is 10.6. The number of rotatable bonds is 9. The van der Waals surface area contributed by atoms with E-state index in [1.807, 2.05) is 24.3 Å². The molecular formula is C28H32N4O8S2. The molecule has 3 aromatic heterocycles. The number of fused-ring (bicyclic) bond motifs is 1. The van der Waals surface area contributed by atoms with Gasteiger partial charge in [-0.25, -0.2) is 18.2 Å². The van der Waals surface area contributed by atoms with E-state index < -0.39 is 33.4 Å². The van der Waals surface area contributed by atoms with Crippen LogP contribution in [0.2, 0.25) is 0 Å². The molecule has 1 unspecified atom stereocenters. The van der Waals surface area contributed by atoms with Gasteiger partial charge < -0.3 is 18.6 Å². The van der Waals surface area contributed by atoms with E-state index in [2.05, 4.69) is 4.98 Å². The van der Waals surface area contributed by atoms with Crippen molar-refractivity contribution in [3.63, 3.8) is 0 Å². The average molecular weight is 617 g/mol. The summed E-state index contributed by atoms with van der Waals surface area (Å²) in [4.78, 5) is 33.6. The molecule has 0 N–H and O–H groups in total. The van der Waals surface area contributed by atoms with Crippen LogP contribution < -0.4 is 16.0 Å². The number of hydrogen-bond donors (Lipinski definition) is 0. The van der Waals surface area contributed by atoms with E-state index in [4.69, 9.17) is 18.6 Å². The van der Waals surface area contributed by atoms with Crippen LogP contribution in [0.15, 0.2) is 50.7 Å². The van der Waals surface area contributed by atoms with Crippen molar-refractivity contribution in [2.75, 3.05) is 39.7 Å². The quantitative estimate of drug-likeness (QED) is 0.278. The van der Waals surface area contributed by atoms with Gasteiger partial charge in [0.2, 0.25) is 15.9 Å². The SMILES string of the molecule is COc1ccccc1C(Cn1c(=O)n(C2CN(S(C)(=O)=O)C2)c(=O)c2c(C)c(-c3ncco3)sc21)OC1CCOCC1. The third kappa shape index (κ3) is 5.22. The molecule has 5 heterocycles. The van der Waals surface area contributed by atoms with Crippen LogP contribution in [0.25, 0.3) is 21.0 Å². The van der Waals surface area contributed by atoms with Crippen LogP contribution in [-0.4, -0.2) is 72.6 Å². The fourth-order valence-corrected chi connectivity index (χ4v) is 7.72. The van der Waals surface area contributed by atoms with Crippen molar-refractivity contribution in [2.24, 2.45) is 0 Å². The molecular weight excluding hydrogens is 584 g/mol. The second-order valence-corrected chi connectivity index (χ2v) is 13.5. The summed E-state index contributed by atoms with van der Waals surface area (Å²) < 4.78 is 51.6. The van der Waals surface area contributed by atoms with Crippen LogP contribution in [0.3, 0.4) is 0 Å². The Morgan fingerprint density at radius 1 is 1.17 bits per heavy atom. The molecule has 2 fully saturated rings. The van der Waals surface area contributed by atoms with Gasteiger partial charge in [-0.2, -0.15) is 4.31 Å². The van der Waals surface area contributed by atoms with Crippen molar-refractivity contribution < 1.29 is 27.0 Å². The third-order valence-electron chi connectivity index (χ3n) is 7.89. The first-order chi connectivity index (χ1) is 20.2. The molecule has 42 heavy (non-hydrogen) atoms. The van der Waals surface area contributed by atoms with E-state index in [1.165, 1.54) is 32.7 Å². The lowest BCUT2D eigenvalue weighted by Gasteiger charge is -2.38. The van der Waals surface area contributed by atoms with E-state index in [0.717, 1.165) is 11.8 Å². The fraction of sp³-hybridized carbons (Fsp3) is 0.464. The molecule has 1 aromatic carbocycles. The Kier molecular flexibility index (Phi) is 7.83. The van der Waals surface area contributed by atoms with E-state index >= 15 is 0 Å². The fourth-order valence-electron chi connectivity index (χ4n) is 5.60. The molecule has 0 aliphatic carbocycles. The molecule has 0 spiro atoms. The van der Waals surface area contributed by atoms with Gasteiger partial charge in [-0.1, -0.05) is 18.2 Å². The van der Waals surface area contributed by atoms with Gasteiger partial charge in [0.05, 0.1) is 48.5 Å². The van der Waals surface area contributed by atoms with Crippen LogP contribution in [0.5, 0.6) is 5.75 Å². The number of oxazole rings is 1. The molecule has 224 valence electrons. The van der Waals surface area contributed by atoms with Gasteiger partial charge in [-0.3, -0.25) is 13.9 Å². The van der Waals surface area contributed by atoms with Gasteiger partial charge in [0.25, 0.3) is 5.56 Å². The average Bonchev–Trinajstić information content (AvgIpc) is 3.59. The second kappa shape index (κ2) is 11.4. The minimum absolute atomic E-state index is 0.0454. The number of sulfonamides is 1. The predicted octanol–water partition coefficient (Wildman–Crippen LogP) is 2.95. The topological polar surface area (TPSA) is 135 Å². The maximum Gasteiger partial charge on any atom is 0.332 e. The molecule has 6 rings (SSSR count). The summed E-state index contributed by atoms with van der Waals surface area (Å²) in [6.45, 7) is 3.16. The minimum Gasteiger partial charge on any atom is -0.496 e. The molecule has 1 atom stereocenters. The molecule has 2 aliphatic heterocycles. The molecule has 2 saturated heterocycles. The number of nitrogens with zero attached hydrogens (tertiary/aromatic N) is 4. The van der Waals surface area contributed by atoms with Crippen LogP contribution in [-0.2, 0) is 26.0 Å². The minimum atomic E-state index is -3.45. The Labute approximate surface area is 246 Å². The zero-order valence-corrected chi connectivity index (χ0v) is 25.2. The number of para-hydroxylation sites is 1. The lowest BCUT2D eigenvalue weighted by Crippen LogP contribution is -2.56. The van der Waals surface area contributed by atoms with E-state index in [-0.39, 0.29) is 25.7 Å². The number of thiophene rings is 1. The maximum absolute atomic E-state index is 14.2. The molecule has 0 amide bonds. The number of aromatic nitrogens is 3. The largest absolute Gasteiger partial charge is 0.496 e. The van der Waals surface area contributed by atoms with Crippen molar-refractivity contribution in [1.82, 2.24) is 18.4 Å². The number of methoxy groups -OCH3 is 1.